The molecule has 0 aromatic carbocycles. The Morgan fingerprint density at radius 1 is 0.386 bits per heavy atom. The zero-order chi connectivity index (χ0) is 51.9. The Bertz CT molecular complexity index is 2080. The molecule has 0 fully saturated rings. The number of ether oxygens (including phenoxy) is 4. The van der Waals surface area contributed by atoms with Crippen LogP contribution >= 0.6 is 0 Å². The fourth-order valence-corrected chi connectivity index (χ4v) is 10.3. The Kier molecular flexibility index (Phi) is 15.8. The Morgan fingerprint density at radius 3 is 0.771 bits per heavy atom. The first kappa shape index (κ1) is 54.7. The summed E-state index contributed by atoms with van der Waals surface area (Å²) >= 11 is 0. The second-order valence-electron chi connectivity index (χ2n) is 23.6. The van der Waals surface area contributed by atoms with E-state index in [2.05, 4.69) is 52.7 Å². The van der Waals surface area contributed by atoms with E-state index in [4.69, 9.17) is 28.9 Å². The SMILES string of the molecule is CO[C@]1(C)CN2Cc3cc(C#Cc4cc5nc(c4)CN4CC(C)(C)NC(=O)[C@](C)(OC)CN(C5)CC(C)(C)NC(=O)[C@@](C)(OC)C4)cc(n3)CN(CC(C)(C)NC1=O)C[C@](C)(OC)C(=O)NC(C)(C)C2. The molecule has 70 heavy (non-hydrogen) atoms. The van der Waals surface area contributed by atoms with Crippen molar-refractivity contribution >= 4 is 23.6 Å². The third-order valence-corrected chi connectivity index (χ3v) is 13.9. The van der Waals surface area contributed by atoms with Gasteiger partial charge >= 0.3 is 0 Å². The standard InChI is InChI=1S/C52H80N10O8/c1-45(2)27-59-23-37-19-35(20-38(53-37)24-60(32-49(9,67-13)41(63)55-45)28-46(3,4)56-42(64)50(10,31-59)68-14)17-18-36-21-39-25-61-29-47(5,6)57-43(65)51(11,69-15)34-62(26-40(22-36)54-39)30-48(7,8)58-44(66)52(12,33-61)70-16/h19-22H,23-34H2,1-16H3,(H,55,63)(H,56,64)(H,57,65)(H,58,66)/t49-,50+,51-,52+. The molecule has 18 heteroatoms. The van der Waals surface area contributed by atoms with Gasteiger partial charge in [-0.05, 0) is 107 Å². The van der Waals surface area contributed by atoms with Crippen molar-refractivity contribution in [1.29, 1.82) is 0 Å². The molecule has 2 aromatic rings. The minimum atomic E-state index is -1.24. The van der Waals surface area contributed by atoms with Crippen LogP contribution in [-0.2, 0) is 64.3 Å². The van der Waals surface area contributed by atoms with E-state index >= 15 is 0 Å². The van der Waals surface area contributed by atoms with Crippen LogP contribution in [-0.4, -0.2) is 179 Å². The van der Waals surface area contributed by atoms with Crippen molar-refractivity contribution < 1.29 is 38.1 Å². The van der Waals surface area contributed by atoms with Crippen LogP contribution in [0.2, 0.25) is 0 Å². The Labute approximate surface area is 416 Å². The lowest BCUT2D eigenvalue weighted by Crippen LogP contribution is -2.65. The van der Waals surface area contributed by atoms with Crippen molar-refractivity contribution in [2.24, 2.45) is 0 Å². The number of nitrogens with zero attached hydrogens (tertiary/aromatic N) is 6. The molecule has 0 saturated heterocycles. The molecule has 0 radical (unpaired) electrons. The van der Waals surface area contributed by atoms with E-state index in [1.807, 2.05) is 79.7 Å². The first-order valence-electron chi connectivity index (χ1n) is 24.3. The fraction of sp³-hybridized carbons (Fsp3) is 0.692. The summed E-state index contributed by atoms with van der Waals surface area (Å²) < 4.78 is 24.1. The van der Waals surface area contributed by atoms with Crippen LogP contribution in [0.25, 0.3) is 0 Å². The maximum atomic E-state index is 14.2. The first-order chi connectivity index (χ1) is 32.3. The predicted octanol–water partition coefficient (Wildman–Crippen LogP) is 2.34. The van der Waals surface area contributed by atoms with Gasteiger partial charge < -0.3 is 40.2 Å². The van der Waals surface area contributed by atoms with Gasteiger partial charge in [-0.1, -0.05) is 11.8 Å². The second kappa shape index (κ2) is 20.1. The van der Waals surface area contributed by atoms with Crippen LogP contribution in [0.3, 0.4) is 0 Å². The number of hydrogen-bond acceptors (Lipinski definition) is 14. The number of amides is 4. The number of rotatable bonds is 4. The molecule has 6 heterocycles. The summed E-state index contributed by atoms with van der Waals surface area (Å²) in [5.74, 6) is 6.02. The van der Waals surface area contributed by atoms with Crippen molar-refractivity contribution in [3.63, 3.8) is 0 Å². The molecule has 2 aromatic heterocycles. The number of nitrogens with one attached hydrogen (secondary N) is 4. The van der Waals surface area contributed by atoms with Crippen molar-refractivity contribution in [2.45, 2.75) is 154 Å². The van der Waals surface area contributed by atoms with Crippen LogP contribution < -0.4 is 21.3 Å². The summed E-state index contributed by atoms with van der Waals surface area (Å²) in [4.78, 5) is 75.6. The zero-order valence-electron chi connectivity index (χ0n) is 44.7. The van der Waals surface area contributed by atoms with Gasteiger partial charge in [0.1, 0.15) is 0 Å². The van der Waals surface area contributed by atoms with Crippen molar-refractivity contribution in [3.8, 4) is 11.8 Å². The minimum absolute atomic E-state index is 0.204. The predicted molar refractivity (Wildman–Crippen MR) is 266 cm³/mol. The molecular formula is C52H80N10O8. The molecule has 4 amide bonds. The molecule has 18 nitrogen and oxygen atoms in total. The molecular weight excluding hydrogens is 893 g/mol. The van der Waals surface area contributed by atoms with Gasteiger partial charge in [0.15, 0.2) is 22.4 Å². The molecule has 0 spiro atoms. The van der Waals surface area contributed by atoms with Gasteiger partial charge in [0, 0.05) is 140 Å². The molecule has 0 aliphatic carbocycles. The number of pyridine rings is 2. The summed E-state index contributed by atoms with van der Waals surface area (Å²) in [7, 11) is 6.18. The zero-order valence-corrected chi connectivity index (χ0v) is 44.7. The van der Waals surface area contributed by atoms with Gasteiger partial charge in [-0.2, -0.15) is 0 Å². The number of aromatic nitrogens is 2. The van der Waals surface area contributed by atoms with Gasteiger partial charge in [0.25, 0.3) is 23.6 Å². The summed E-state index contributed by atoms with van der Waals surface area (Å²) in [6.45, 7) is 26.4. The lowest BCUT2D eigenvalue weighted by molar-refractivity contribution is -0.150. The fourth-order valence-electron chi connectivity index (χ4n) is 10.3. The van der Waals surface area contributed by atoms with E-state index < -0.39 is 44.6 Å². The van der Waals surface area contributed by atoms with Gasteiger partial charge in [-0.15, -0.1) is 0 Å². The molecule has 6 rings (SSSR count). The van der Waals surface area contributed by atoms with Crippen LogP contribution in [0.1, 0.15) is 117 Å². The molecule has 386 valence electrons. The quantitative estimate of drug-likeness (QED) is 0.327. The highest BCUT2D eigenvalue weighted by Gasteiger charge is 2.46. The Morgan fingerprint density at radius 2 is 0.586 bits per heavy atom. The molecule has 0 saturated carbocycles. The summed E-state index contributed by atoms with van der Waals surface area (Å²) in [6, 6.07) is 7.94. The van der Waals surface area contributed by atoms with Crippen molar-refractivity contribution in [2.75, 3.05) is 80.8 Å². The number of carbonyl (C=O) groups is 4. The molecule has 4 N–H and O–H groups in total. The number of methoxy groups -OCH3 is 4. The van der Waals surface area contributed by atoms with Crippen molar-refractivity contribution in [1.82, 2.24) is 50.8 Å². The van der Waals surface area contributed by atoms with E-state index in [9.17, 15) is 19.2 Å². The third kappa shape index (κ3) is 13.3. The monoisotopic (exact) mass is 973 g/mol. The highest BCUT2D eigenvalue weighted by Crippen LogP contribution is 2.28. The van der Waals surface area contributed by atoms with Gasteiger partial charge in [-0.25, -0.2) is 0 Å². The number of carbonyl (C=O) groups excluding carboxylic acids is 4. The number of hydrogen-bond donors (Lipinski definition) is 4. The van der Waals surface area contributed by atoms with E-state index in [0.29, 0.717) is 52.4 Å². The average Bonchev–Trinajstić information content (AvgIpc) is 3.23. The van der Waals surface area contributed by atoms with Gasteiger partial charge in [0.2, 0.25) is 0 Å². The average molecular weight is 973 g/mol. The lowest BCUT2D eigenvalue weighted by Gasteiger charge is -2.43. The first-order valence-corrected chi connectivity index (χ1v) is 24.3. The van der Waals surface area contributed by atoms with E-state index in [1.165, 1.54) is 0 Å². The van der Waals surface area contributed by atoms with E-state index in [1.54, 1.807) is 56.1 Å². The highest BCUT2D eigenvalue weighted by atomic mass is 16.5. The topological polar surface area (TPSA) is 192 Å². The summed E-state index contributed by atoms with van der Waals surface area (Å²) in [6.07, 6.45) is 0. The third-order valence-electron chi connectivity index (χ3n) is 13.9. The highest BCUT2D eigenvalue weighted by molar-refractivity contribution is 5.87. The maximum Gasteiger partial charge on any atom is 0.253 e. The van der Waals surface area contributed by atoms with Crippen molar-refractivity contribution in [3.05, 3.63) is 58.2 Å². The maximum absolute atomic E-state index is 14.2. The van der Waals surface area contributed by atoms with Gasteiger partial charge in [0.05, 0.1) is 22.8 Å². The smallest absolute Gasteiger partial charge is 0.253 e. The van der Waals surface area contributed by atoms with E-state index in [-0.39, 0.29) is 49.8 Å². The lowest BCUT2D eigenvalue weighted by atomic mass is 9.95. The summed E-state index contributed by atoms with van der Waals surface area (Å²) in [5, 5.41) is 13.0. The Balaban J connectivity index is 1.51. The molecule has 4 aliphatic heterocycles. The minimum Gasteiger partial charge on any atom is -0.367 e. The normalized spacial score (nSPS) is 33.5. The molecule has 4 unspecified atom stereocenters. The molecule has 8 bridgehead atoms. The van der Waals surface area contributed by atoms with Crippen LogP contribution in [0, 0.1) is 11.8 Å². The molecule has 4 aliphatic rings. The van der Waals surface area contributed by atoms with Gasteiger partial charge in [-0.3, -0.25) is 48.7 Å². The summed E-state index contributed by atoms with van der Waals surface area (Å²) in [5.41, 5.74) is -3.54. The van der Waals surface area contributed by atoms with Crippen LogP contribution in [0.15, 0.2) is 24.3 Å². The second-order valence-corrected chi connectivity index (χ2v) is 23.6. The van der Waals surface area contributed by atoms with Crippen LogP contribution in [0.4, 0.5) is 0 Å². The van der Waals surface area contributed by atoms with Crippen LogP contribution in [0.5, 0.6) is 0 Å². The largest absolute Gasteiger partial charge is 0.367 e. The Hall–Kier alpha value is -4.58. The van der Waals surface area contributed by atoms with E-state index in [0.717, 1.165) is 33.9 Å². The molecule has 8 atom stereocenters. The number of fused-ring (bicyclic) bond motifs is 4.